The average molecular weight is 503 g/mol. The van der Waals surface area contributed by atoms with Crippen molar-refractivity contribution < 1.29 is 14.3 Å². The Morgan fingerprint density at radius 3 is 2.08 bits per heavy atom. The molecule has 196 valence electrons. The molecule has 0 radical (unpaired) electrons. The van der Waals surface area contributed by atoms with E-state index in [1.165, 1.54) is 0 Å². The minimum absolute atomic E-state index is 0.0801. The number of pyridine rings is 1. The predicted octanol–water partition coefficient (Wildman–Crippen LogP) is 4.08. The molecule has 1 aromatic heterocycles. The van der Waals surface area contributed by atoms with Crippen molar-refractivity contribution in [3.8, 4) is 0 Å². The van der Waals surface area contributed by atoms with E-state index >= 15 is 0 Å². The molecule has 0 fully saturated rings. The minimum Gasteiger partial charge on any atom is -0.444 e. The first-order valence-corrected chi connectivity index (χ1v) is 12.8. The lowest BCUT2D eigenvalue weighted by molar-refractivity contribution is -0.123. The van der Waals surface area contributed by atoms with Crippen molar-refractivity contribution in [3.63, 3.8) is 0 Å². The Balaban J connectivity index is 1.67. The number of hydrogen-bond donors (Lipinski definition) is 3. The summed E-state index contributed by atoms with van der Waals surface area (Å²) in [5.41, 5.74) is 2.62. The molecule has 1 heterocycles. The molecule has 2 aromatic carbocycles. The van der Waals surface area contributed by atoms with Gasteiger partial charge in [-0.25, -0.2) is 4.79 Å². The van der Waals surface area contributed by atoms with Gasteiger partial charge in [-0.15, -0.1) is 0 Å². The number of amides is 2. The van der Waals surface area contributed by atoms with Gasteiger partial charge < -0.3 is 20.7 Å². The van der Waals surface area contributed by atoms with Crippen LogP contribution in [0.4, 0.5) is 4.79 Å². The lowest BCUT2D eigenvalue weighted by atomic mass is 10.0. The summed E-state index contributed by atoms with van der Waals surface area (Å²) in [5, 5.41) is 9.45. The summed E-state index contributed by atoms with van der Waals surface area (Å²) in [6.07, 6.45) is 4.91. The molecule has 37 heavy (non-hydrogen) atoms. The van der Waals surface area contributed by atoms with E-state index < -0.39 is 17.7 Å². The van der Waals surface area contributed by atoms with Gasteiger partial charge in [0.15, 0.2) is 0 Å². The molecule has 0 spiro atoms. The summed E-state index contributed by atoms with van der Waals surface area (Å²) in [5.74, 6) is -0.0801. The van der Waals surface area contributed by atoms with Gasteiger partial charge >= 0.3 is 6.09 Å². The van der Waals surface area contributed by atoms with Gasteiger partial charge in [-0.3, -0.25) is 9.78 Å². The largest absolute Gasteiger partial charge is 0.444 e. The highest BCUT2D eigenvalue weighted by molar-refractivity contribution is 5.82. The maximum absolute atomic E-state index is 13.2. The number of alkyl carbamates (subject to hydrolysis) is 1. The van der Waals surface area contributed by atoms with E-state index in [1.807, 2.05) is 99.8 Å². The first-order valence-electron chi connectivity index (χ1n) is 12.8. The van der Waals surface area contributed by atoms with E-state index in [2.05, 4.69) is 20.9 Å². The number of benzene rings is 2. The summed E-state index contributed by atoms with van der Waals surface area (Å²) in [6, 6.07) is 23.0. The van der Waals surface area contributed by atoms with Crippen molar-refractivity contribution in [1.29, 1.82) is 0 Å². The van der Waals surface area contributed by atoms with Gasteiger partial charge in [0.1, 0.15) is 5.60 Å². The highest BCUT2D eigenvalue weighted by Crippen LogP contribution is 2.09. The molecule has 0 saturated heterocycles. The minimum atomic E-state index is -0.598. The molecule has 0 aliphatic heterocycles. The SMILES string of the molecule is CC(C)(C)OC(=O)N[C@H](CN[C@H](Cc1ccccc1)C(=O)NCCc1cccnc1)Cc1ccccc1. The van der Waals surface area contributed by atoms with Crippen LogP contribution >= 0.6 is 0 Å². The maximum atomic E-state index is 13.2. The lowest BCUT2D eigenvalue weighted by Gasteiger charge is -2.26. The van der Waals surface area contributed by atoms with E-state index in [9.17, 15) is 9.59 Å². The van der Waals surface area contributed by atoms with Gasteiger partial charge in [0, 0.05) is 31.5 Å². The third-order valence-corrected chi connectivity index (χ3v) is 5.69. The predicted molar refractivity (Wildman–Crippen MR) is 146 cm³/mol. The topological polar surface area (TPSA) is 92.4 Å². The highest BCUT2D eigenvalue weighted by atomic mass is 16.6. The first kappa shape index (κ1) is 27.9. The Morgan fingerprint density at radius 1 is 0.865 bits per heavy atom. The third-order valence-electron chi connectivity index (χ3n) is 5.69. The summed E-state index contributed by atoms with van der Waals surface area (Å²) in [6.45, 7) is 6.43. The van der Waals surface area contributed by atoms with Gasteiger partial charge in [0.25, 0.3) is 0 Å². The molecule has 3 aromatic rings. The molecular weight excluding hydrogens is 464 g/mol. The molecule has 3 N–H and O–H groups in total. The second-order valence-corrected chi connectivity index (χ2v) is 10.1. The fourth-order valence-electron chi connectivity index (χ4n) is 3.94. The standard InChI is InChI=1S/C30H38N4O3/c1-30(2,3)37-29(36)34-26(19-23-11-6-4-7-12-23)22-33-27(20-24-13-8-5-9-14-24)28(35)32-18-16-25-15-10-17-31-21-25/h4-15,17,21,26-27,33H,16,18-20,22H2,1-3H3,(H,32,35)(H,34,36)/t26-,27+/m0/s1. The normalized spacial score (nSPS) is 12.8. The van der Waals surface area contributed by atoms with Crippen LogP contribution in [0.5, 0.6) is 0 Å². The Labute approximate surface area is 220 Å². The van der Waals surface area contributed by atoms with Crippen molar-refractivity contribution in [2.45, 2.75) is 57.7 Å². The van der Waals surface area contributed by atoms with E-state index in [0.717, 1.165) is 16.7 Å². The Bertz CT molecular complexity index is 1090. The zero-order valence-electron chi connectivity index (χ0n) is 21.9. The molecule has 0 aliphatic carbocycles. The van der Waals surface area contributed by atoms with Crippen LogP contribution in [0.2, 0.25) is 0 Å². The number of carbonyl (C=O) groups is 2. The van der Waals surface area contributed by atoms with Crippen LogP contribution in [0, 0.1) is 0 Å². The molecule has 2 atom stereocenters. The summed E-state index contributed by atoms with van der Waals surface area (Å²) < 4.78 is 5.49. The van der Waals surface area contributed by atoms with Gasteiger partial charge in [-0.1, -0.05) is 66.7 Å². The van der Waals surface area contributed by atoms with Crippen LogP contribution in [-0.4, -0.2) is 47.8 Å². The van der Waals surface area contributed by atoms with E-state index in [4.69, 9.17) is 4.74 Å². The molecule has 2 amide bonds. The number of ether oxygens (including phenoxy) is 1. The smallest absolute Gasteiger partial charge is 0.407 e. The molecule has 0 saturated carbocycles. The number of carbonyl (C=O) groups excluding carboxylic acids is 2. The molecule has 3 rings (SSSR count). The van der Waals surface area contributed by atoms with E-state index in [0.29, 0.717) is 32.4 Å². The van der Waals surface area contributed by atoms with Crippen LogP contribution < -0.4 is 16.0 Å². The van der Waals surface area contributed by atoms with Gasteiger partial charge in [-0.05, 0) is 62.8 Å². The van der Waals surface area contributed by atoms with E-state index in [1.54, 1.807) is 6.20 Å². The lowest BCUT2D eigenvalue weighted by Crippen LogP contribution is -2.52. The molecular formula is C30H38N4O3. The number of aromatic nitrogens is 1. The second kappa shape index (κ2) is 14.1. The molecule has 0 bridgehead atoms. The van der Waals surface area contributed by atoms with Crippen molar-refractivity contribution in [1.82, 2.24) is 20.9 Å². The fourth-order valence-corrected chi connectivity index (χ4v) is 3.94. The highest BCUT2D eigenvalue weighted by Gasteiger charge is 2.23. The van der Waals surface area contributed by atoms with Crippen molar-refractivity contribution in [2.24, 2.45) is 0 Å². The molecule has 0 aliphatic rings. The number of rotatable bonds is 12. The van der Waals surface area contributed by atoms with Crippen molar-refractivity contribution in [3.05, 3.63) is 102 Å². The first-order chi connectivity index (χ1) is 17.8. The Kier molecular flexibility index (Phi) is 10.6. The van der Waals surface area contributed by atoms with Gasteiger partial charge in [0.05, 0.1) is 6.04 Å². The summed E-state index contributed by atoms with van der Waals surface area (Å²) >= 11 is 0. The molecule has 0 unspecified atom stereocenters. The summed E-state index contributed by atoms with van der Waals surface area (Å²) in [4.78, 5) is 29.9. The number of hydrogen-bond acceptors (Lipinski definition) is 5. The summed E-state index contributed by atoms with van der Waals surface area (Å²) in [7, 11) is 0. The Hall–Kier alpha value is -3.71. The molecule has 7 heteroatoms. The zero-order chi connectivity index (χ0) is 26.5. The Morgan fingerprint density at radius 2 is 1.49 bits per heavy atom. The van der Waals surface area contributed by atoms with Crippen molar-refractivity contribution in [2.75, 3.05) is 13.1 Å². The van der Waals surface area contributed by atoms with Gasteiger partial charge in [-0.2, -0.15) is 0 Å². The van der Waals surface area contributed by atoms with Gasteiger partial charge in [0.2, 0.25) is 5.91 Å². The second-order valence-electron chi connectivity index (χ2n) is 10.1. The monoisotopic (exact) mass is 502 g/mol. The molecule has 7 nitrogen and oxygen atoms in total. The quantitative estimate of drug-likeness (QED) is 0.347. The average Bonchev–Trinajstić information content (AvgIpc) is 2.87. The number of nitrogens with one attached hydrogen (secondary N) is 3. The number of nitrogens with zero attached hydrogens (tertiary/aromatic N) is 1. The zero-order valence-corrected chi connectivity index (χ0v) is 21.9. The van der Waals surface area contributed by atoms with Crippen LogP contribution in [0.15, 0.2) is 85.2 Å². The fraction of sp³-hybridized carbons (Fsp3) is 0.367. The maximum Gasteiger partial charge on any atom is 0.407 e. The van der Waals surface area contributed by atoms with Crippen LogP contribution in [0.25, 0.3) is 0 Å². The van der Waals surface area contributed by atoms with Crippen LogP contribution in [0.1, 0.15) is 37.5 Å². The van der Waals surface area contributed by atoms with Crippen molar-refractivity contribution >= 4 is 12.0 Å². The third kappa shape index (κ3) is 10.8. The van der Waals surface area contributed by atoms with E-state index in [-0.39, 0.29) is 11.9 Å². The van der Waals surface area contributed by atoms with Crippen LogP contribution in [-0.2, 0) is 28.8 Å². The van der Waals surface area contributed by atoms with Crippen LogP contribution in [0.3, 0.4) is 0 Å².